The molecule has 5 heteroatoms. The first-order valence-corrected chi connectivity index (χ1v) is 7.53. The number of hydrogen-bond donors (Lipinski definition) is 2. The van der Waals surface area contributed by atoms with Crippen molar-refractivity contribution >= 4 is 46.8 Å². The van der Waals surface area contributed by atoms with Gasteiger partial charge >= 0.3 is 90.5 Å². The first-order chi connectivity index (χ1) is 5.20. The minimum atomic E-state index is 0.202. The average Bonchev–Trinajstić information content (AvgIpc) is 2.04. The van der Waals surface area contributed by atoms with Gasteiger partial charge in [-0.25, -0.2) is 0 Å². The van der Waals surface area contributed by atoms with E-state index in [1.165, 1.54) is 0 Å². The molecule has 0 aromatic rings. The monoisotopic (exact) mass is 354 g/mol. The van der Waals surface area contributed by atoms with E-state index >= 15 is 0 Å². The third-order valence-corrected chi connectivity index (χ3v) is 6.83. The number of rotatable bonds is 6. The molecular formula is C6H12Br2O2Se. The molecule has 0 amide bonds. The molecule has 0 rings (SSSR count). The molecule has 0 saturated heterocycles. The summed E-state index contributed by atoms with van der Waals surface area (Å²) in [6.07, 6.45) is 0. The number of hydrogen-bond acceptors (Lipinski definition) is 2. The second kappa shape index (κ2) is 8.02. The molecule has 0 heterocycles. The molecule has 2 nitrogen and oxygen atoms in total. The SMILES string of the molecule is OCC(Br)C[Se]CC(Br)CO. The molecule has 0 aromatic heterocycles. The summed E-state index contributed by atoms with van der Waals surface area (Å²) in [5.74, 6) is 0. The van der Waals surface area contributed by atoms with Gasteiger partial charge < -0.3 is 0 Å². The van der Waals surface area contributed by atoms with Gasteiger partial charge in [0.2, 0.25) is 0 Å². The summed E-state index contributed by atoms with van der Waals surface area (Å²) in [5.41, 5.74) is 0. The molecule has 0 saturated carbocycles. The van der Waals surface area contributed by atoms with Crippen LogP contribution in [0, 0.1) is 0 Å². The molecule has 0 aromatic carbocycles. The van der Waals surface area contributed by atoms with Crippen LogP contribution in [0.25, 0.3) is 0 Å². The maximum absolute atomic E-state index is 8.66. The van der Waals surface area contributed by atoms with Crippen molar-refractivity contribution in [1.29, 1.82) is 0 Å². The van der Waals surface area contributed by atoms with Gasteiger partial charge in [0.1, 0.15) is 0 Å². The van der Waals surface area contributed by atoms with Crippen LogP contribution >= 0.6 is 31.9 Å². The van der Waals surface area contributed by atoms with Gasteiger partial charge in [-0.2, -0.15) is 0 Å². The van der Waals surface area contributed by atoms with E-state index in [2.05, 4.69) is 31.9 Å². The summed E-state index contributed by atoms with van der Waals surface area (Å²) in [6, 6.07) is 0. The summed E-state index contributed by atoms with van der Waals surface area (Å²) in [6.45, 7) is 0.404. The van der Waals surface area contributed by atoms with Gasteiger partial charge in [0.05, 0.1) is 0 Å². The molecule has 2 unspecified atom stereocenters. The van der Waals surface area contributed by atoms with Crippen LogP contribution in [0.4, 0.5) is 0 Å². The molecule has 0 fully saturated rings. The molecule has 0 bridgehead atoms. The number of aliphatic hydroxyl groups excluding tert-OH is 2. The van der Waals surface area contributed by atoms with Crippen LogP contribution in [0.15, 0.2) is 0 Å². The van der Waals surface area contributed by atoms with E-state index in [4.69, 9.17) is 10.2 Å². The van der Waals surface area contributed by atoms with Gasteiger partial charge in [0, 0.05) is 0 Å². The van der Waals surface area contributed by atoms with E-state index in [1.54, 1.807) is 0 Å². The van der Waals surface area contributed by atoms with Crippen LogP contribution in [0.3, 0.4) is 0 Å². The normalized spacial score (nSPS) is 16.4. The molecule has 0 aliphatic carbocycles. The summed E-state index contributed by atoms with van der Waals surface area (Å²) in [5, 5.41) is 19.4. The van der Waals surface area contributed by atoms with E-state index < -0.39 is 0 Å². The third-order valence-electron chi connectivity index (χ3n) is 0.994. The van der Waals surface area contributed by atoms with Crippen molar-refractivity contribution in [1.82, 2.24) is 0 Å². The predicted octanol–water partition coefficient (Wildman–Crippen LogP) is 1.04. The second-order valence-electron chi connectivity index (χ2n) is 2.10. The Morgan fingerprint density at radius 1 is 1.00 bits per heavy atom. The molecule has 2 N–H and O–H groups in total. The Balaban J connectivity index is 3.13. The quantitative estimate of drug-likeness (QED) is 0.552. The number of halogens is 2. The zero-order chi connectivity index (χ0) is 8.69. The summed E-state index contributed by atoms with van der Waals surface area (Å²) in [4.78, 5) is 0.474. The minimum absolute atomic E-state index is 0.202. The Bertz CT molecular complexity index is 84.7. The van der Waals surface area contributed by atoms with Crippen molar-refractivity contribution in [2.75, 3.05) is 13.2 Å². The molecule has 0 radical (unpaired) electrons. The Morgan fingerprint density at radius 2 is 1.36 bits per heavy atom. The zero-order valence-electron chi connectivity index (χ0n) is 6.04. The maximum atomic E-state index is 8.66. The summed E-state index contributed by atoms with van der Waals surface area (Å²) in [7, 11) is 0. The predicted molar refractivity (Wildman–Crippen MR) is 55.0 cm³/mol. The van der Waals surface area contributed by atoms with Gasteiger partial charge in [-0.3, -0.25) is 0 Å². The van der Waals surface area contributed by atoms with Crippen molar-refractivity contribution < 1.29 is 10.2 Å². The molecule has 11 heavy (non-hydrogen) atoms. The van der Waals surface area contributed by atoms with E-state index in [0.717, 1.165) is 10.6 Å². The zero-order valence-corrected chi connectivity index (χ0v) is 10.9. The van der Waals surface area contributed by atoms with Gasteiger partial charge in [0.25, 0.3) is 0 Å². The first-order valence-electron chi connectivity index (χ1n) is 3.28. The van der Waals surface area contributed by atoms with Crippen LogP contribution < -0.4 is 0 Å². The van der Waals surface area contributed by atoms with Gasteiger partial charge in [-0.15, -0.1) is 0 Å². The van der Waals surface area contributed by atoms with E-state index in [1.807, 2.05) is 0 Å². The second-order valence-corrected chi connectivity index (χ2v) is 6.94. The standard InChI is InChI=1S/C6H12Br2O2Se/c7-5(1-9)3-11-4-6(8)2-10/h5-6,9-10H,1-4H2. The Hall–Kier alpha value is 1.40. The fourth-order valence-electron chi connectivity index (χ4n) is 0.429. The van der Waals surface area contributed by atoms with Crippen LogP contribution in [-0.2, 0) is 0 Å². The van der Waals surface area contributed by atoms with E-state index in [9.17, 15) is 0 Å². The van der Waals surface area contributed by atoms with Crippen molar-refractivity contribution in [3.05, 3.63) is 0 Å². The van der Waals surface area contributed by atoms with Crippen LogP contribution in [0.2, 0.25) is 10.6 Å². The molecule has 0 aliphatic heterocycles. The molecule has 68 valence electrons. The van der Waals surface area contributed by atoms with Crippen molar-refractivity contribution in [3.8, 4) is 0 Å². The van der Waals surface area contributed by atoms with E-state index in [-0.39, 0.29) is 22.9 Å². The molecule has 0 spiro atoms. The molecule has 2 atom stereocenters. The third kappa shape index (κ3) is 7.75. The molecular weight excluding hydrogens is 343 g/mol. The topological polar surface area (TPSA) is 40.5 Å². The van der Waals surface area contributed by atoms with Crippen LogP contribution in [0.1, 0.15) is 0 Å². The number of aliphatic hydroxyl groups is 2. The van der Waals surface area contributed by atoms with Crippen molar-refractivity contribution in [2.24, 2.45) is 0 Å². The van der Waals surface area contributed by atoms with Gasteiger partial charge in [-0.05, 0) is 0 Å². The summed E-state index contributed by atoms with van der Waals surface area (Å²) < 4.78 is 0. The van der Waals surface area contributed by atoms with Crippen LogP contribution in [-0.4, -0.2) is 48.0 Å². The van der Waals surface area contributed by atoms with Crippen molar-refractivity contribution in [3.63, 3.8) is 0 Å². The van der Waals surface area contributed by atoms with Crippen LogP contribution in [0.5, 0.6) is 0 Å². The van der Waals surface area contributed by atoms with E-state index in [0.29, 0.717) is 15.0 Å². The first kappa shape index (κ1) is 12.4. The molecule has 0 aliphatic rings. The fraction of sp³-hybridized carbons (Fsp3) is 1.00. The van der Waals surface area contributed by atoms with Gasteiger partial charge in [0.15, 0.2) is 0 Å². The van der Waals surface area contributed by atoms with Gasteiger partial charge in [-0.1, -0.05) is 0 Å². The summed E-state index contributed by atoms with van der Waals surface area (Å²) >= 11 is 7.18. The Kier molecular flexibility index (Phi) is 9.04. The Morgan fingerprint density at radius 3 is 1.64 bits per heavy atom. The Labute approximate surface area is 90.2 Å². The number of alkyl halides is 2. The average molecular weight is 355 g/mol. The fourth-order valence-corrected chi connectivity index (χ4v) is 4.17. The van der Waals surface area contributed by atoms with Crippen molar-refractivity contribution in [2.45, 2.75) is 20.3 Å².